The second-order valence-corrected chi connectivity index (χ2v) is 13.5. The number of anilines is 1. The molecule has 1 N–H and O–H groups in total. The van der Waals surface area contributed by atoms with E-state index in [-0.39, 0.29) is 30.8 Å². The van der Waals surface area contributed by atoms with Crippen LogP contribution in [0.2, 0.25) is 10.0 Å². The lowest BCUT2D eigenvalue weighted by atomic mass is 10.0. The first-order chi connectivity index (χ1) is 19.8. The van der Waals surface area contributed by atoms with Crippen LogP contribution in [0.3, 0.4) is 0 Å². The molecule has 3 aromatic carbocycles. The van der Waals surface area contributed by atoms with Gasteiger partial charge in [0, 0.05) is 34.6 Å². The van der Waals surface area contributed by atoms with E-state index in [0.29, 0.717) is 27.7 Å². The van der Waals surface area contributed by atoms with Gasteiger partial charge in [-0.15, -0.1) is 0 Å². The number of rotatable bonds is 13. The van der Waals surface area contributed by atoms with E-state index < -0.39 is 28.5 Å². The highest BCUT2D eigenvalue weighted by molar-refractivity contribution is 7.92. The summed E-state index contributed by atoms with van der Waals surface area (Å²) in [5, 5.41) is 3.68. The average molecular weight is 633 g/mol. The van der Waals surface area contributed by atoms with Crippen molar-refractivity contribution < 1.29 is 18.0 Å². The minimum Gasteiger partial charge on any atom is -0.352 e. The minimum absolute atomic E-state index is 0.0906. The molecule has 7 nitrogen and oxygen atoms in total. The number of hydrogen-bond donors (Lipinski definition) is 1. The van der Waals surface area contributed by atoms with Gasteiger partial charge in [0.1, 0.15) is 12.6 Å². The van der Waals surface area contributed by atoms with E-state index in [1.54, 1.807) is 30.3 Å². The van der Waals surface area contributed by atoms with Gasteiger partial charge in [-0.1, -0.05) is 92.5 Å². The number of nitrogens with one attached hydrogen (secondary N) is 1. The Kier molecular flexibility index (Phi) is 11.9. The lowest BCUT2D eigenvalue weighted by molar-refractivity contribution is -0.140. The highest BCUT2D eigenvalue weighted by atomic mass is 35.5. The molecule has 0 saturated carbocycles. The SMILES string of the molecule is CC[C@H](C)NC(=O)[C@H](Cc1ccccc1)N(Cc1c(Cl)cccc1Cl)C(=O)CN(c1ccc(C(C)C)cc1)S(C)(=O)=O. The molecule has 0 aliphatic rings. The molecule has 10 heteroatoms. The molecule has 0 bridgehead atoms. The number of nitrogens with zero attached hydrogens (tertiary/aromatic N) is 2. The predicted molar refractivity (Wildman–Crippen MR) is 172 cm³/mol. The summed E-state index contributed by atoms with van der Waals surface area (Å²) in [6.45, 7) is 7.33. The summed E-state index contributed by atoms with van der Waals surface area (Å²) in [7, 11) is -3.86. The van der Waals surface area contributed by atoms with Gasteiger partial charge in [0.15, 0.2) is 0 Å². The molecule has 0 unspecified atom stereocenters. The summed E-state index contributed by atoms with van der Waals surface area (Å²) in [5.41, 5.74) is 2.71. The van der Waals surface area contributed by atoms with Gasteiger partial charge in [-0.2, -0.15) is 0 Å². The van der Waals surface area contributed by atoms with Gasteiger partial charge in [-0.3, -0.25) is 13.9 Å². The van der Waals surface area contributed by atoms with E-state index in [1.165, 1.54) is 4.90 Å². The molecule has 0 radical (unpaired) electrons. The number of benzene rings is 3. The molecule has 0 aliphatic carbocycles. The van der Waals surface area contributed by atoms with Gasteiger partial charge < -0.3 is 10.2 Å². The summed E-state index contributed by atoms with van der Waals surface area (Å²) in [5.74, 6) is -0.660. The van der Waals surface area contributed by atoms with Gasteiger partial charge in [0.2, 0.25) is 21.8 Å². The van der Waals surface area contributed by atoms with Crippen LogP contribution in [0.5, 0.6) is 0 Å². The van der Waals surface area contributed by atoms with Crippen LogP contribution in [-0.4, -0.2) is 50.0 Å². The van der Waals surface area contributed by atoms with E-state index in [0.717, 1.165) is 21.7 Å². The van der Waals surface area contributed by atoms with Crippen molar-refractivity contribution in [3.05, 3.63) is 99.5 Å². The Balaban J connectivity index is 2.10. The highest BCUT2D eigenvalue weighted by Gasteiger charge is 2.34. The smallest absolute Gasteiger partial charge is 0.244 e. The summed E-state index contributed by atoms with van der Waals surface area (Å²) >= 11 is 13.0. The maximum Gasteiger partial charge on any atom is 0.244 e. The molecule has 0 aromatic heterocycles. The van der Waals surface area contributed by atoms with E-state index in [1.807, 2.05) is 70.2 Å². The van der Waals surface area contributed by atoms with Crippen molar-refractivity contribution in [3.8, 4) is 0 Å². The predicted octanol–water partition coefficient (Wildman–Crippen LogP) is 6.44. The first-order valence-electron chi connectivity index (χ1n) is 14.0. The summed E-state index contributed by atoms with van der Waals surface area (Å²) < 4.78 is 27.0. The molecule has 42 heavy (non-hydrogen) atoms. The highest BCUT2D eigenvalue weighted by Crippen LogP contribution is 2.28. The molecule has 226 valence electrons. The van der Waals surface area contributed by atoms with E-state index in [4.69, 9.17) is 23.2 Å². The minimum atomic E-state index is -3.86. The van der Waals surface area contributed by atoms with E-state index >= 15 is 0 Å². The molecule has 0 aliphatic heterocycles. The van der Waals surface area contributed by atoms with Crippen LogP contribution in [-0.2, 0) is 32.6 Å². The Hall–Kier alpha value is -3.07. The van der Waals surface area contributed by atoms with Crippen molar-refractivity contribution >= 4 is 50.7 Å². The second kappa shape index (κ2) is 14.9. The Morgan fingerprint density at radius 1 is 0.881 bits per heavy atom. The molecule has 0 fully saturated rings. The van der Waals surface area contributed by atoms with Crippen LogP contribution in [0.15, 0.2) is 72.8 Å². The molecule has 3 aromatic rings. The van der Waals surface area contributed by atoms with Crippen molar-refractivity contribution in [1.82, 2.24) is 10.2 Å². The number of hydrogen-bond acceptors (Lipinski definition) is 4. The van der Waals surface area contributed by atoms with Gasteiger partial charge in [0.05, 0.1) is 11.9 Å². The van der Waals surface area contributed by atoms with Crippen molar-refractivity contribution in [2.45, 2.75) is 65.1 Å². The second-order valence-electron chi connectivity index (χ2n) is 10.8. The van der Waals surface area contributed by atoms with Crippen molar-refractivity contribution in [1.29, 1.82) is 0 Å². The zero-order valence-corrected chi connectivity index (χ0v) is 27.0. The zero-order valence-electron chi connectivity index (χ0n) is 24.7. The molecule has 2 atom stereocenters. The number of carbonyl (C=O) groups is 2. The fourth-order valence-electron chi connectivity index (χ4n) is 4.49. The zero-order chi connectivity index (χ0) is 31.0. The summed E-state index contributed by atoms with van der Waals surface area (Å²) in [4.78, 5) is 29.4. The molecular weight excluding hydrogens is 593 g/mol. The van der Waals surface area contributed by atoms with Crippen LogP contribution in [0.4, 0.5) is 5.69 Å². The Bertz CT molecular complexity index is 1440. The Morgan fingerprint density at radius 3 is 2.00 bits per heavy atom. The van der Waals surface area contributed by atoms with Crippen LogP contribution < -0.4 is 9.62 Å². The lowest BCUT2D eigenvalue weighted by Gasteiger charge is -2.34. The van der Waals surface area contributed by atoms with Crippen LogP contribution in [0, 0.1) is 0 Å². The number of sulfonamides is 1. The molecular formula is C32H39Cl2N3O4S. The normalized spacial score (nSPS) is 13.0. The maximum absolute atomic E-state index is 14.2. The molecule has 2 amide bonds. The van der Waals surface area contributed by atoms with Crippen LogP contribution >= 0.6 is 23.2 Å². The number of amides is 2. The Morgan fingerprint density at radius 2 is 1.48 bits per heavy atom. The van der Waals surface area contributed by atoms with E-state index in [2.05, 4.69) is 5.32 Å². The quantitative estimate of drug-likeness (QED) is 0.235. The van der Waals surface area contributed by atoms with Crippen LogP contribution in [0.1, 0.15) is 56.7 Å². The molecule has 0 heterocycles. The largest absolute Gasteiger partial charge is 0.352 e. The van der Waals surface area contributed by atoms with Gasteiger partial charge in [-0.25, -0.2) is 8.42 Å². The Labute approximate surface area is 259 Å². The average Bonchev–Trinajstić information content (AvgIpc) is 2.94. The lowest BCUT2D eigenvalue weighted by Crippen LogP contribution is -2.54. The fourth-order valence-corrected chi connectivity index (χ4v) is 5.85. The van der Waals surface area contributed by atoms with Gasteiger partial charge >= 0.3 is 0 Å². The summed E-state index contributed by atoms with van der Waals surface area (Å²) in [6.07, 6.45) is 1.96. The third-order valence-corrected chi connectivity index (χ3v) is 9.04. The third-order valence-electron chi connectivity index (χ3n) is 7.19. The van der Waals surface area contributed by atoms with Gasteiger partial charge in [0.25, 0.3) is 0 Å². The topological polar surface area (TPSA) is 86.8 Å². The molecule has 3 rings (SSSR count). The maximum atomic E-state index is 14.2. The summed E-state index contributed by atoms with van der Waals surface area (Å²) in [6, 6.07) is 20.4. The first-order valence-corrected chi connectivity index (χ1v) is 16.6. The molecule has 0 saturated heterocycles. The number of carbonyl (C=O) groups excluding carboxylic acids is 2. The standard InChI is InChI=1S/C32H39Cl2N3O4S/c1-6-23(4)35-32(39)30(19-24-11-8-7-9-12-24)36(20-27-28(33)13-10-14-29(27)34)31(38)21-37(42(5,40)41)26-17-15-25(16-18-26)22(2)3/h7-18,22-23,30H,6,19-21H2,1-5H3,(H,35,39)/t23-,30-/m0/s1. The van der Waals surface area contributed by atoms with Crippen LogP contribution in [0.25, 0.3) is 0 Å². The van der Waals surface area contributed by atoms with E-state index in [9.17, 15) is 18.0 Å². The third kappa shape index (κ3) is 8.96. The van der Waals surface area contributed by atoms with Crippen molar-refractivity contribution in [3.63, 3.8) is 0 Å². The van der Waals surface area contributed by atoms with Crippen molar-refractivity contribution in [2.75, 3.05) is 17.1 Å². The van der Waals surface area contributed by atoms with Gasteiger partial charge in [-0.05, 0) is 54.7 Å². The van der Waals surface area contributed by atoms with Crippen molar-refractivity contribution in [2.24, 2.45) is 0 Å². The fraction of sp³-hybridized carbons (Fsp3) is 0.375. The molecule has 0 spiro atoms. The monoisotopic (exact) mass is 631 g/mol. The first kappa shape index (κ1) is 33.4. The number of halogens is 2.